The van der Waals surface area contributed by atoms with Gasteiger partial charge in [0.2, 0.25) is 0 Å². The van der Waals surface area contributed by atoms with Gasteiger partial charge in [0.25, 0.3) is 5.91 Å². The molecular weight excluding hydrogens is 314 g/mol. The summed E-state index contributed by atoms with van der Waals surface area (Å²) in [6.45, 7) is 0. The summed E-state index contributed by atoms with van der Waals surface area (Å²) in [5.41, 5.74) is 9.22. The summed E-state index contributed by atoms with van der Waals surface area (Å²) in [4.78, 5) is 16.9. The van der Waals surface area contributed by atoms with Crippen LogP contribution >= 0.6 is 0 Å². The van der Waals surface area contributed by atoms with Crippen LogP contribution in [0.3, 0.4) is 0 Å². The molecule has 0 radical (unpaired) electrons. The van der Waals surface area contributed by atoms with Crippen LogP contribution in [-0.2, 0) is 0 Å². The van der Waals surface area contributed by atoms with Gasteiger partial charge in [-0.3, -0.25) is 9.78 Å². The molecule has 0 saturated heterocycles. The van der Waals surface area contributed by atoms with E-state index in [1.807, 2.05) is 36.4 Å². The molecule has 1 aliphatic carbocycles. The molecule has 5 heteroatoms. The van der Waals surface area contributed by atoms with Gasteiger partial charge >= 0.3 is 0 Å². The number of pyridine rings is 1. The second-order valence-electron chi connectivity index (χ2n) is 6.65. The van der Waals surface area contributed by atoms with Gasteiger partial charge < -0.3 is 15.5 Å². The zero-order valence-corrected chi connectivity index (χ0v) is 13.9. The van der Waals surface area contributed by atoms with Gasteiger partial charge in [0.1, 0.15) is 5.58 Å². The van der Waals surface area contributed by atoms with Crippen molar-refractivity contribution in [2.24, 2.45) is 5.73 Å². The van der Waals surface area contributed by atoms with E-state index in [4.69, 9.17) is 10.2 Å². The van der Waals surface area contributed by atoms with E-state index < -0.39 is 0 Å². The van der Waals surface area contributed by atoms with Gasteiger partial charge in [-0.05, 0) is 49.9 Å². The molecule has 0 bridgehead atoms. The van der Waals surface area contributed by atoms with Crippen LogP contribution in [0.1, 0.15) is 36.0 Å². The molecule has 4 rings (SSSR count). The molecule has 1 saturated carbocycles. The predicted octanol–water partition coefficient (Wildman–Crippen LogP) is 3.49. The average molecular weight is 335 g/mol. The number of nitrogens with two attached hydrogens (primary N) is 1. The number of amides is 1. The minimum absolute atomic E-state index is 0.0264. The normalized spacial score (nSPS) is 20.5. The first-order chi connectivity index (χ1) is 12.2. The number of carbonyl (C=O) groups is 1. The molecular formula is C20H21N3O2. The van der Waals surface area contributed by atoms with Gasteiger partial charge in [0.05, 0.1) is 12.0 Å². The number of benzene rings is 1. The van der Waals surface area contributed by atoms with Crippen LogP contribution in [0.2, 0.25) is 0 Å². The summed E-state index contributed by atoms with van der Waals surface area (Å²) in [5.74, 6) is -0.0264. The summed E-state index contributed by atoms with van der Waals surface area (Å²) in [6, 6.07) is 11.8. The SMILES string of the molecule is NC1CCC(NC(=O)c2ccc(-c3nccc4occc34)cc2)CC1. The maximum absolute atomic E-state index is 12.4. The van der Waals surface area contributed by atoms with Crippen LogP contribution < -0.4 is 11.1 Å². The third kappa shape index (κ3) is 3.28. The largest absolute Gasteiger partial charge is 0.464 e. The number of furan rings is 1. The average Bonchev–Trinajstić information content (AvgIpc) is 3.12. The summed E-state index contributed by atoms with van der Waals surface area (Å²) in [5, 5.41) is 4.09. The van der Waals surface area contributed by atoms with Crippen molar-refractivity contribution in [2.45, 2.75) is 37.8 Å². The van der Waals surface area contributed by atoms with E-state index in [-0.39, 0.29) is 18.0 Å². The number of fused-ring (bicyclic) bond motifs is 1. The first-order valence-corrected chi connectivity index (χ1v) is 8.70. The van der Waals surface area contributed by atoms with E-state index in [1.54, 1.807) is 12.5 Å². The fourth-order valence-corrected chi connectivity index (χ4v) is 3.44. The molecule has 3 N–H and O–H groups in total. The third-order valence-electron chi connectivity index (χ3n) is 4.91. The Bertz CT molecular complexity index is 877. The summed E-state index contributed by atoms with van der Waals surface area (Å²) < 4.78 is 5.42. The minimum atomic E-state index is -0.0264. The molecule has 5 nitrogen and oxygen atoms in total. The Morgan fingerprint density at radius 2 is 1.84 bits per heavy atom. The van der Waals surface area contributed by atoms with Crippen LogP contribution in [0, 0.1) is 0 Å². The standard InChI is InChI=1S/C20H21N3O2/c21-15-5-7-16(8-6-15)23-20(24)14-3-1-13(2-4-14)19-17-10-12-25-18(17)9-11-22-19/h1-4,9-12,15-16H,5-8,21H2,(H,23,24). The predicted molar refractivity (Wildman–Crippen MR) is 97.1 cm³/mol. The van der Waals surface area contributed by atoms with Crippen LogP contribution in [0.4, 0.5) is 0 Å². The van der Waals surface area contributed by atoms with Gasteiger partial charge in [-0.25, -0.2) is 0 Å². The molecule has 1 aromatic carbocycles. The summed E-state index contributed by atoms with van der Waals surface area (Å²) in [6.07, 6.45) is 7.26. The van der Waals surface area contributed by atoms with Crippen LogP contribution in [0.25, 0.3) is 22.2 Å². The highest BCUT2D eigenvalue weighted by molar-refractivity contribution is 5.96. The van der Waals surface area contributed by atoms with E-state index in [2.05, 4.69) is 10.3 Å². The molecule has 3 aromatic rings. The molecule has 1 amide bonds. The highest BCUT2D eigenvalue weighted by Crippen LogP contribution is 2.27. The van der Waals surface area contributed by atoms with Gasteiger partial charge in [-0.15, -0.1) is 0 Å². The Labute approximate surface area is 146 Å². The third-order valence-corrected chi connectivity index (χ3v) is 4.91. The van der Waals surface area contributed by atoms with Crippen molar-refractivity contribution in [3.63, 3.8) is 0 Å². The van der Waals surface area contributed by atoms with E-state index in [0.717, 1.165) is 47.9 Å². The van der Waals surface area contributed by atoms with Crippen molar-refractivity contribution in [3.8, 4) is 11.3 Å². The number of hydrogen-bond donors (Lipinski definition) is 2. The highest BCUT2D eigenvalue weighted by Gasteiger charge is 2.20. The number of nitrogens with zero attached hydrogens (tertiary/aromatic N) is 1. The molecule has 2 heterocycles. The lowest BCUT2D eigenvalue weighted by molar-refractivity contribution is 0.0926. The van der Waals surface area contributed by atoms with Crippen molar-refractivity contribution >= 4 is 16.9 Å². The van der Waals surface area contributed by atoms with Crippen molar-refractivity contribution in [1.29, 1.82) is 0 Å². The fraction of sp³-hybridized carbons (Fsp3) is 0.300. The molecule has 0 unspecified atom stereocenters. The summed E-state index contributed by atoms with van der Waals surface area (Å²) in [7, 11) is 0. The van der Waals surface area contributed by atoms with Crippen molar-refractivity contribution in [2.75, 3.05) is 0 Å². The van der Waals surface area contributed by atoms with E-state index in [9.17, 15) is 4.79 Å². The van der Waals surface area contributed by atoms with E-state index >= 15 is 0 Å². The Kier molecular flexibility index (Phi) is 4.24. The van der Waals surface area contributed by atoms with E-state index in [0.29, 0.717) is 5.56 Å². The fourth-order valence-electron chi connectivity index (χ4n) is 3.44. The Hall–Kier alpha value is -2.66. The van der Waals surface area contributed by atoms with Crippen LogP contribution in [-0.4, -0.2) is 23.0 Å². The Morgan fingerprint density at radius 3 is 2.60 bits per heavy atom. The number of hydrogen-bond acceptors (Lipinski definition) is 4. The molecule has 0 atom stereocenters. The van der Waals surface area contributed by atoms with Crippen LogP contribution in [0.5, 0.6) is 0 Å². The number of carbonyl (C=O) groups excluding carboxylic acids is 1. The van der Waals surface area contributed by atoms with Gasteiger partial charge in [-0.2, -0.15) is 0 Å². The highest BCUT2D eigenvalue weighted by atomic mass is 16.3. The Balaban J connectivity index is 1.50. The maximum Gasteiger partial charge on any atom is 0.251 e. The molecule has 25 heavy (non-hydrogen) atoms. The zero-order chi connectivity index (χ0) is 17.2. The molecule has 0 spiro atoms. The molecule has 128 valence electrons. The lowest BCUT2D eigenvalue weighted by Gasteiger charge is -2.26. The molecule has 0 aliphatic heterocycles. The quantitative estimate of drug-likeness (QED) is 0.767. The maximum atomic E-state index is 12.4. The second kappa shape index (κ2) is 6.69. The first kappa shape index (κ1) is 15.8. The van der Waals surface area contributed by atoms with Crippen molar-refractivity contribution in [1.82, 2.24) is 10.3 Å². The number of rotatable bonds is 3. The minimum Gasteiger partial charge on any atom is -0.464 e. The summed E-state index contributed by atoms with van der Waals surface area (Å²) >= 11 is 0. The van der Waals surface area contributed by atoms with Gasteiger partial charge in [-0.1, -0.05) is 12.1 Å². The topological polar surface area (TPSA) is 81.1 Å². The van der Waals surface area contributed by atoms with Crippen molar-refractivity contribution < 1.29 is 9.21 Å². The zero-order valence-electron chi connectivity index (χ0n) is 13.9. The van der Waals surface area contributed by atoms with E-state index in [1.165, 1.54) is 0 Å². The lowest BCUT2D eigenvalue weighted by Crippen LogP contribution is -2.40. The first-order valence-electron chi connectivity index (χ1n) is 8.70. The number of nitrogens with one attached hydrogen (secondary N) is 1. The van der Waals surface area contributed by atoms with Crippen LogP contribution in [0.15, 0.2) is 53.3 Å². The number of aromatic nitrogens is 1. The molecule has 1 aliphatic rings. The lowest BCUT2D eigenvalue weighted by atomic mass is 9.91. The monoisotopic (exact) mass is 335 g/mol. The van der Waals surface area contributed by atoms with Crippen molar-refractivity contribution in [3.05, 3.63) is 54.4 Å². The molecule has 1 fully saturated rings. The second-order valence-corrected chi connectivity index (χ2v) is 6.65. The Morgan fingerprint density at radius 1 is 1.08 bits per heavy atom. The van der Waals surface area contributed by atoms with Gasteiger partial charge in [0.15, 0.2) is 0 Å². The smallest absolute Gasteiger partial charge is 0.251 e. The van der Waals surface area contributed by atoms with Gasteiger partial charge in [0, 0.05) is 34.8 Å². The molecule has 2 aromatic heterocycles.